The molecular formula is C15H25N3. The first kappa shape index (κ1) is 13.3. The van der Waals surface area contributed by atoms with Crippen molar-refractivity contribution in [3.8, 4) is 0 Å². The van der Waals surface area contributed by atoms with Gasteiger partial charge in [-0.05, 0) is 50.0 Å². The lowest BCUT2D eigenvalue weighted by atomic mass is 9.93. The molecule has 18 heavy (non-hydrogen) atoms. The van der Waals surface area contributed by atoms with Gasteiger partial charge in [0, 0.05) is 26.3 Å². The van der Waals surface area contributed by atoms with E-state index in [0.29, 0.717) is 6.04 Å². The van der Waals surface area contributed by atoms with Crippen LogP contribution in [0, 0.1) is 6.92 Å². The number of hydrogen-bond donors (Lipinski definition) is 0. The molecule has 1 saturated heterocycles. The molecule has 0 bridgehead atoms. The largest absolute Gasteiger partial charge is 0.363 e. The highest BCUT2D eigenvalue weighted by Gasteiger charge is 2.24. The van der Waals surface area contributed by atoms with Gasteiger partial charge >= 0.3 is 0 Å². The summed E-state index contributed by atoms with van der Waals surface area (Å²) >= 11 is 0. The van der Waals surface area contributed by atoms with Gasteiger partial charge in [-0.25, -0.2) is 4.98 Å². The van der Waals surface area contributed by atoms with Crippen molar-refractivity contribution in [3.63, 3.8) is 0 Å². The molecule has 1 aromatic rings. The number of piperidine rings is 1. The van der Waals surface area contributed by atoms with Crippen molar-refractivity contribution < 1.29 is 0 Å². The normalized spacial score (nSPS) is 21.0. The molecule has 0 amide bonds. The van der Waals surface area contributed by atoms with Crippen molar-refractivity contribution in [2.24, 2.45) is 0 Å². The maximum absolute atomic E-state index is 4.58. The average molecular weight is 247 g/mol. The van der Waals surface area contributed by atoms with E-state index in [1.54, 1.807) is 0 Å². The molecule has 2 rings (SSSR count). The molecule has 0 aliphatic carbocycles. The molecule has 1 fully saturated rings. The van der Waals surface area contributed by atoms with Crippen LogP contribution in [-0.2, 0) is 0 Å². The number of rotatable bonds is 3. The van der Waals surface area contributed by atoms with E-state index >= 15 is 0 Å². The lowest BCUT2D eigenvalue weighted by Crippen LogP contribution is -2.33. The van der Waals surface area contributed by atoms with Crippen molar-refractivity contribution in [3.05, 3.63) is 23.4 Å². The number of hydrogen-bond acceptors (Lipinski definition) is 3. The average Bonchev–Trinajstić information content (AvgIpc) is 2.38. The molecule has 0 N–H and O–H groups in total. The number of aryl methyl sites for hydroxylation is 1. The molecule has 0 unspecified atom stereocenters. The number of anilines is 1. The first-order chi connectivity index (χ1) is 8.63. The first-order valence-electron chi connectivity index (χ1n) is 7.01. The standard InChI is InChI=1S/C15H25N3/c1-5-18-9-7-6-8-14(18)13-11-16-15(17(3)4)10-12(13)2/h10-11,14H,5-9H2,1-4H3/t14-/m1/s1. The summed E-state index contributed by atoms with van der Waals surface area (Å²) in [5, 5.41) is 0. The fourth-order valence-corrected chi connectivity index (χ4v) is 2.87. The highest BCUT2D eigenvalue weighted by molar-refractivity contribution is 5.42. The molecule has 1 atom stereocenters. The Morgan fingerprint density at radius 2 is 2.17 bits per heavy atom. The predicted octanol–water partition coefficient (Wildman–Crippen LogP) is 3.00. The molecule has 0 aromatic carbocycles. The summed E-state index contributed by atoms with van der Waals surface area (Å²) < 4.78 is 0. The van der Waals surface area contributed by atoms with Gasteiger partial charge in [0.1, 0.15) is 5.82 Å². The van der Waals surface area contributed by atoms with E-state index in [2.05, 4.69) is 40.9 Å². The van der Waals surface area contributed by atoms with E-state index in [1.807, 2.05) is 14.1 Å². The van der Waals surface area contributed by atoms with E-state index in [1.165, 1.54) is 36.9 Å². The van der Waals surface area contributed by atoms with Crippen LogP contribution in [0.15, 0.2) is 12.3 Å². The van der Waals surface area contributed by atoms with Gasteiger partial charge < -0.3 is 4.90 Å². The third-order valence-electron chi connectivity index (χ3n) is 3.97. The Morgan fingerprint density at radius 1 is 1.39 bits per heavy atom. The maximum Gasteiger partial charge on any atom is 0.128 e. The van der Waals surface area contributed by atoms with E-state index in [0.717, 1.165) is 12.4 Å². The van der Waals surface area contributed by atoms with Crippen LogP contribution >= 0.6 is 0 Å². The third kappa shape index (κ3) is 2.66. The number of pyridine rings is 1. The summed E-state index contributed by atoms with van der Waals surface area (Å²) in [5.41, 5.74) is 2.79. The minimum absolute atomic E-state index is 0.576. The SMILES string of the molecule is CCN1CCCC[C@@H]1c1cnc(N(C)C)cc1C. The molecule has 0 spiro atoms. The topological polar surface area (TPSA) is 19.4 Å². The summed E-state index contributed by atoms with van der Waals surface area (Å²) in [6.07, 6.45) is 6.05. The molecule has 1 aliphatic heterocycles. The van der Waals surface area contributed by atoms with Crippen molar-refractivity contribution in [1.82, 2.24) is 9.88 Å². The van der Waals surface area contributed by atoms with E-state index < -0.39 is 0 Å². The Balaban J connectivity index is 2.26. The lowest BCUT2D eigenvalue weighted by molar-refractivity contribution is 0.156. The predicted molar refractivity (Wildman–Crippen MR) is 77.1 cm³/mol. The summed E-state index contributed by atoms with van der Waals surface area (Å²) in [6, 6.07) is 2.78. The molecule has 0 radical (unpaired) electrons. The second-order valence-corrected chi connectivity index (χ2v) is 5.43. The molecular weight excluding hydrogens is 222 g/mol. The molecule has 2 heterocycles. The Labute approximate surface area is 111 Å². The maximum atomic E-state index is 4.58. The molecule has 0 saturated carbocycles. The van der Waals surface area contributed by atoms with Gasteiger partial charge in [-0.2, -0.15) is 0 Å². The van der Waals surface area contributed by atoms with Gasteiger partial charge in [0.25, 0.3) is 0 Å². The fraction of sp³-hybridized carbons (Fsp3) is 0.667. The van der Waals surface area contributed by atoms with Crippen LogP contribution in [0.5, 0.6) is 0 Å². The summed E-state index contributed by atoms with van der Waals surface area (Å²) in [6.45, 7) is 6.84. The Morgan fingerprint density at radius 3 is 2.78 bits per heavy atom. The zero-order valence-corrected chi connectivity index (χ0v) is 12.1. The third-order valence-corrected chi connectivity index (χ3v) is 3.97. The smallest absolute Gasteiger partial charge is 0.128 e. The zero-order chi connectivity index (χ0) is 13.1. The molecule has 3 nitrogen and oxygen atoms in total. The van der Waals surface area contributed by atoms with Crippen molar-refractivity contribution >= 4 is 5.82 Å². The molecule has 100 valence electrons. The van der Waals surface area contributed by atoms with Crippen molar-refractivity contribution in [1.29, 1.82) is 0 Å². The zero-order valence-electron chi connectivity index (χ0n) is 12.1. The lowest BCUT2D eigenvalue weighted by Gasteiger charge is -2.35. The van der Waals surface area contributed by atoms with Crippen LogP contribution in [0.1, 0.15) is 43.4 Å². The molecule has 3 heteroatoms. The summed E-state index contributed by atoms with van der Waals surface area (Å²) in [7, 11) is 4.08. The second kappa shape index (κ2) is 5.70. The number of nitrogens with zero attached hydrogens (tertiary/aromatic N) is 3. The Bertz CT molecular complexity index is 401. The quantitative estimate of drug-likeness (QED) is 0.818. The Kier molecular flexibility index (Phi) is 4.23. The van der Waals surface area contributed by atoms with Gasteiger partial charge in [0.05, 0.1) is 0 Å². The van der Waals surface area contributed by atoms with Gasteiger partial charge in [-0.15, -0.1) is 0 Å². The molecule has 1 aromatic heterocycles. The summed E-state index contributed by atoms with van der Waals surface area (Å²) in [5.74, 6) is 1.05. The van der Waals surface area contributed by atoms with Crippen LogP contribution in [0.25, 0.3) is 0 Å². The van der Waals surface area contributed by atoms with Crippen molar-refractivity contribution in [2.45, 2.75) is 39.2 Å². The van der Waals surface area contributed by atoms with E-state index in [9.17, 15) is 0 Å². The number of aromatic nitrogens is 1. The first-order valence-corrected chi connectivity index (χ1v) is 7.01. The highest BCUT2D eigenvalue weighted by Crippen LogP contribution is 2.32. The minimum atomic E-state index is 0.576. The second-order valence-electron chi connectivity index (χ2n) is 5.43. The van der Waals surface area contributed by atoms with Gasteiger partial charge in [0.2, 0.25) is 0 Å². The monoisotopic (exact) mass is 247 g/mol. The number of likely N-dealkylation sites (tertiary alicyclic amines) is 1. The minimum Gasteiger partial charge on any atom is -0.363 e. The van der Waals surface area contributed by atoms with Crippen LogP contribution in [0.2, 0.25) is 0 Å². The molecule has 1 aliphatic rings. The van der Waals surface area contributed by atoms with Crippen LogP contribution < -0.4 is 4.90 Å². The van der Waals surface area contributed by atoms with Crippen LogP contribution in [-0.4, -0.2) is 37.1 Å². The fourth-order valence-electron chi connectivity index (χ4n) is 2.87. The van der Waals surface area contributed by atoms with Crippen LogP contribution in [0.4, 0.5) is 5.82 Å². The Hall–Kier alpha value is -1.09. The van der Waals surface area contributed by atoms with Gasteiger partial charge in [-0.3, -0.25) is 4.90 Å². The van der Waals surface area contributed by atoms with Gasteiger partial charge in [-0.1, -0.05) is 13.3 Å². The summed E-state index contributed by atoms with van der Waals surface area (Å²) in [4.78, 5) is 9.23. The van der Waals surface area contributed by atoms with Crippen LogP contribution in [0.3, 0.4) is 0 Å². The highest BCUT2D eigenvalue weighted by atomic mass is 15.2. The van der Waals surface area contributed by atoms with E-state index in [-0.39, 0.29) is 0 Å². The van der Waals surface area contributed by atoms with Crippen molar-refractivity contribution in [2.75, 3.05) is 32.1 Å². The van der Waals surface area contributed by atoms with Gasteiger partial charge in [0.15, 0.2) is 0 Å². The van der Waals surface area contributed by atoms with E-state index in [4.69, 9.17) is 0 Å².